The number of anilines is 2. The van der Waals surface area contributed by atoms with Crippen LogP contribution < -0.4 is 11.5 Å². The number of pyridine rings is 1. The van der Waals surface area contributed by atoms with E-state index in [2.05, 4.69) is 4.98 Å². The van der Waals surface area contributed by atoms with E-state index in [1.165, 1.54) is 18.3 Å². The molecule has 0 radical (unpaired) electrons. The lowest BCUT2D eigenvalue weighted by molar-refractivity contribution is 0.628. The summed E-state index contributed by atoms with van der Waals surface area (Å²) in [6.07, 6.45) is 1.50. The van der Waals surface area contributed by atoms with E-state index in [1.807, 2.05) is 0 Å². The molecular formula is C11H10FN3. The molecule has 2 aromatic rings. The first-order valence-corrected chi connectivity index (χ1v) is 4.44. The van der Waals surface area contributed by atoms with Crippen molar-refractivity contribution in [3.05, 3.63) is 42.3 Å². The first-order valence-electron chi connectivity index (χ1n) is 4.44. The SMILES string of the molecule is Nc1cnc(-c2cccc(F)c2)c(N)c1. The van der Waals surface area contributed by atoms with Gasteiger partial charge in [0.25, 0.3) is 0 Å². The molecule has 4 heteroatoms. The van der Waals surface area contributed by atoms with Gasteiger partial charge in [0.15, 0.2) is 0 Å². The van der Waals surface area contributed by atoms with Crippen LogP contribution in [0, 0.1) is 5.82 Å². The van der Waals surface area contributed by atoms with Crippen molar-refractivity contribution in [3.63, 3.8) is 0 Å². The average molecular weight is 203 g/mol. The van der Waals surface area contributed by atoms with E-state index in [0.29, 0.717) is 22.6 Å². The zero-order chi connectivity index (χ0) is 10.8. The smallest absolute Gasteiger partial charge is 0.123 e. The van der Waals surface area contributed by atoms with Crippen molar-refractivity contribution < 1.29 is 4.39 Å². The standard InChI is InChI=1S/C11H10FN3/c12-8-3-1-2-7(4-8)11-10(14)5-9(13)6-15-11/h1-6H,13-14H2. The molecule has 2 rings (SSSR count). The Morgan fingerprint density at radius 2 is 1.93 bits per heavy atom. The number of hydrogen-bond donors (Lipinski definition) is 2. The zero-order valence-corrected chi connectivity index (χ0v) is 7.94. The third-order valence-corrected chi connectivity index (χ3v) is 2.04. The number of aromatic nitrogens is 1. The first-order chi connectivity index (χ1) is 7.16. The molecule has 1 heterocycles. The fraction of sp³-hybridized carbons (Fsp3) is 0. The third kappa shape index (κ3) is 1.88. The van der Waals surface area contributed by atoms with E-state index in [9.17, 15) is 4.39 Å². The molecule has 0 fully saturated rings. The summed E-state index contributed by atoms with van der Waals surface area (Å²) in [6, 6.07) is 7.72. The predicted octanol–water partition coefficient (Wildman–Crippen LogP) is 2.05. The summed E-state index contributed by atoms with van der Waals surface area (Å²) < 4.78 is 13.0. The summed E-state index contributed by atoms with van der Waals surface area (Å²) in [5.74, 6) is -0.314. The molecule has 0 saturated carbocycles. The quantitative estimate of drug-likeness (QED) is 0.745. The van der Waals surface area contributed by atoms with E-state index in [4.69, 9.17) is 11.5 Å². The minimum absolute atomic E-state index is 0.314. The van der Waals surface area contributed by atoms with Crippen LogP contribution in [0.2, 0.25) is 0 Å². The minimum Gasteiger partial charge on any atom is -0.397 e. The minimum atomic E-state index is -0.314. The van der Waals surface area contributed by atoms with Gasteiger partial charge in [-0.1, -0.05) is 12.1 Å². The molecule has 0 spiro atoms. The van der Waals surface area contributed by atoms with Gasteiger partial charge in [0, 0.05) is 5.56 Å². The fourth-order valence-electron chi connectivity index (χ4n) is 1.38. The molecular weight excluding hydrogens is 193 g/mol. The Hall–Kier alpha value is -2.10. The van der Waals surface area contributed by atoms with Gasteiger partial charge in [0.1, 0.15) is 5.82 Å². The average Bonchev–Trinajstić information content (AvgIpc) is 2.17. The highest BCUT2D eigenvalue weighted by atomic mass is 19.1. The van der Waals surface area contributed by atoms with Crippen LogP contribution in [0.25, 0.3) is 11.3 Å². The van der Waals surface area contributed by atoms with Crippen molar-refractivity contribution in [2.45, 2.75) is 0 Å². The molecule has 0 unspecified atom stereocenters. The Morgan fingerprint density at radius 3 is 2.60 bits per heavy atom. The molecule has 0 amide bonds. The van der Waals surface area contributed by atoms with Gasteiger partial charge >= 0.3 is 0 Å². The van der Waals surface area contributed by atoms with Crippen LogP contribution in [0.3, 0.4) is 0 Å². The van der Waals surface area contributed by atoms with Gasteiger partial charge in [0.05, 0.1) is 23.3 Å². The van der Waals surface area contributed by atoms with E-state index in [0.717, 1.165) is 0 Å². The Bertz CT molecular complexity index is 497. The molecule has 0 saturated heterocycles. The third-order valence-electron chi connectivity index (χ3n) is 2.04. The van der Waals surface area contributed by atoms with Crippen molar-refractivity contribution in [3.8, 4) is 11.3 Å². The second-order valence-electron chi connectivity index (χ2n) is 3.22. The summed E-state index contributed by atoms with van der Waals surface area (Å²) in [5, 5.41) is 0. The summed E-state index contributed by atoms with van der Waals surface area (Å²) in [4.78, 5) is 4.07. The second-order valence-corrected chi connectivity index (χ2v) is 3.22. The molecule has 1 aromatic carbocycles. The topological polar surface area (TPSA) is 64.9 Å². The number of nitrogens with zero attached hydrogens (tertiary/aromatic N) is 1. The molecule has 1 aromatic heterocycles. The Kier molecular flexibility index (Phi) is 2.25. The van der Waals surface area contributed by atoms with Crippen molar-refractivity contribution >= 4 is 11.4 Å². The largest absolute Gasteiger partial charge is 0.397 e. The van der Waals surface area contributed by atoms with E-state index >= 15 is 0 Å². The molecule has 4 N–H and O–H groups in total. The first kappa shape index (κ1) is 9.45. The predicted molar refractivity (Wildman–Crippen MR) is 58.5 cm³/mol. The monoisotopic (exact) mass is 203 g/mol. The van der Waals surface area contributed by atoms with Gasteiger partial charge in [-0.25, -0.2) is 4.39 Å². The van der Waals surface area contributed by atoms with Crippen molar-refractivity contribution in [2.24, 2.45) is 0 Å². The Balaban J connectivity index is 2.54. The lowest BCUT2D eigenvalue weighted by Gasteiger charge is -2.05. The van der Waals surface area contributed by atoms with Gasteiger partial charge in [0.2, 0.25) is 0 Å². The summed E-state index contributed by atoms with van der Waals surface area (Å²) in [7, 11) is 0. The summed E-state index contributed by atoms with van der Waals surface area (Å²) in [5.41, 5.74) is 13.4. The highest BCUT2D eigenvalue weighted by Crippen LogP contribution is 2.24. The number of nitrogen functional groups attached to an aromatic ring is 2. The number of nitrogens with two attached hydrogens (primary N) is 2. The van der Waals surface area contributed by atoms with Crippen LogP contribution in [-0.2, 0) is 0 Å². The van der Waals surface area contributed by atoms with E-state index in [1.54, 1.807) is 18.2 Å². The lowest BCUT2D eigenvalue weighted by Crippen LogP contribution is -1.96. The molecule has 0 bridgehead atoms. The number of benzene rings is 1. The van der Waals surface area contributed by atoms with Gasteiger partial charge < -0.3 is 11.5 Å². The van der Waals surface area contributed by atoms with Gasteiger partial charge in [-0.15, -0.1) is 0 Å². The molecule has 3 nitrogen and oxygen atoms in total. The van der Waals surface area contributed by atoms with Crippen LogP contribution in [0.4, 0.5) is 15.8 Å². The molecule has 0 aliphatic heterocycles. The van der Waals surface area contributed by atoms with E-state index < -0.39 is 0 Å². The second kappa shape index (κ2) is 3.57. The van der Waals surface area contributed by atoms with Crippen LogP contribution >= 0.6 is 0 Å². The normalized spacial score (nSPS) is 10.2. The molecule has 0 aliphatic rings. The van der Waals surface area contributed by atoms with Crippen molar-refractivity contribution in [1.29, 1.82) is 0 Å². The highest BCUT2D eigenvalue weighted by molar-refractivity contribution is 5.74. The molecule has 0 aliphatic carbocycles. The fourth-order valence-corrected chi connectivity index (χ4v) is 1.38. The van der Waals surface area contributed by atoms with Gasteiger partial charge in [-0.05, 0) is 18.2 Å². The Morgan fingerprint density at radius 1 is 1.13 bits per heavy atom. The van der Waals surface area contributed by atoms with Gasteiger partial charge in [-0.3, -0.25) is 4.98 Å². The van der Waals surface area contributed by atoms with Crippen LogP contribution in [0.5, 0.6) is 0 Å². The molecule has 0 atom stereocenters. The van der Waals surface area contributed by atoms with Crippen LogP contribution in [-0.4, -0.2) is 4.98 Å². The summed E-state index contributed by atoms with van der Waals surface area (Å²) >= 11 is 0. The lowest BCUT2D eigenvalue weighted by atomic mass is 10.1. The summed E-state index contributed by atoms with van der Waals surface area (Å²) in [6.45, 7) is 0. The van der Waals surface area contributed by atoms with Gasteiger partial charge in [-0.2, -0.15) is 0 Å². The number of rotatable bonds is 1. The highest BCUT2D eigenvalue weighted by Gasteiger charge is 2.05. The number of hydrogen-bond acceptors (Lipinski definition) is 3. The maximum atomic E-state index is 13.0. The van der Waals surface area contributed by atoms with Crippen molar-refractivity contribution in [2.75, 3.05) is 11.5 Å². The van der Waals surface area contributed by atoms with Crippen LogP contribution in [0.1, 0.15) is 0 Å². The van der Waals surface area contributed by atoms with E-state index in [-0.39, 0.29) is 5.82 Å². The Labute approximate surface area is 86.6 Å². The zero-order valence-electron chi connectivity index (χ0n) is 7.94. The maximum absolute atomic E-state index is 13.0. The number of halogens is 1. The maximum Gasteiger partial charge on any atom is 0.123 e. The van der Waals surface area contributed by atoms with Crippen LogP contribution in [0.15, 0.2) is 36.5 Å². The van der Waals surface area contributed by atoms with Crippen molar-refractivity contribution in [1.82, 2.24) is 4.98 Å². The molecule has 76 valence electrons. The molecule has 15 heavy (non-hydrogen) atoms.